The number of hydrogen-bond donors (Lipinski definition) is 1. The fourth-order valence-electron chi connectivity index (χ4n) is 4.49. The Labute approximate surface area is 205 Å². The third-order valence-corrected chi connectivity index (χ3v) is 6.35. The molecule has 190 valence electrons. The maximum absolute atomic E-state index is 13.4. The van der Waals surface area contributed by atoms with Crippen LogP contribution in [0.1, 0.15) is 28.7 Å². The Morgan fingerprint density at radius 2 is 1.86 bits per heavy atom. The van der Waals surface area contributed by atoms with E-state index >= 15 is 0 Å². The minimum Gasteiger partial charge on any atom is -0.445 e. The SMILES string of the molecule is CNC(=O)CCc1c2n(c(=O)c3cc(C(F)(F)F)ccc13)CCc1ccc(COC(=O)N(C)C)cc1-2. The van der Waals surface area contributed by atoms with Gasteiger partial charge in [0, 0.05) is 45.1 Å². The van der Waals surface area contributed by atoms with E-state index in [0.29, 0.717) is 35.2 Å². The first-order chi connectivity index (χ1) is 17.0. The summed E-state index contributed by atoms with van der Waals surface area (Å²) in [5.74, 6) is -0.222. The minimum atomic E-state index is -4.59. The van der Waals surface area contributed by atoms with Crippen molar-refractivity contribution in [3.63, 3.8) is 0 Å². The predicted octanol–water partition coefficient (Wildman–Crippen LogP) is 4.12. The second-order valence-corrected chi connectivity index (χ2v) is 8.91. The number of nitrogens with zero attached hydrogens (tertiary/aromatic N) is 2. The first-order valence-corrected chi connectivity index (χ1v) is 11.4. The molecule has 1 aliphatic rings. The van der Waals surface area contributed by atoms with Crippen molar-refractivity contribution in [3.05, 3.63) is 69.0 Å². The van der Waals surface area contributed by atoms with Crippen LogP contribution in [-0.2, 0) is 41.7 Å². The van der Waals surface area contributed by atoms with Crippen LogP contribution < -0.4 is 10.9 Å². The lowest BCUT2D eigenvalue weighted by molar-refractivity contribution is -0.137. The Hall–Kier alpha value is -3.82. The second-order valence-electron chi connectivity index (χ2n) is 8.91. The highest BCUT2D eigenvalue weighted by Crippen LogP contribution is 2.38. The molecule has 0 saturated carbocycles. The van der Waals surface area contributed by atoms with Crippen molar-refractivity contribution in [1.82, 2.24) is 14.8 Å². The number of pyridine rings is 1. The zero-order chi connectivity index (χ0) is 26.2. The highest BCUT2D eigenvalue weighted by Gasteiger charge is 2.32. The van der Waals surface area contributed by atoms with Crippen LogP contribution >= 0.6 is 0 Å². The number of hydrogen-bond acceptors (Lipinski definition) is 4. The Morgan fingerprint density at radius 3 is 2.53 bits per heavy atom. The number of benzene rings is 2. The number of aromatic nitrogens is 1. The van der Waals surface area contributed by atoms with E-state index < -0.39 is 23.4 Å². The molecule has 0 saturated heterocycles. The van der Waals surface area contributed by atoms with E-state index in [4.69, 9.17) is 4.74 Å². The quantitative estimate of drug-likeness (QED) is 0.571. The summed E-state index contributed by atoms with van der Waals surface area (Å²) < 4.78 is 47.0. The van der Waals surface area contributed by atoms with Crippen LogP contribution in [0.5, 0.6) is 0 Å². The lowest BCUT2D eigenvalue weighted by Gasteiger charge is -2.27. The molecule has 0 aliphatic carbocycles. The summed E-state index contributed by atoms with van der Waals surface area (Å²) in [5.41, 5.74) is 2.21. The minimum absolute atomic E-state index is 0.0185. The molecule has 36 heavy (non-hydrogen) atoms. The number of carbonyl (C=O) groups excluding carboxylic acids is 2. The predicted molar refractivity (Wildman–Crippen MR) is 129 cm³/mol. The number of carbonyl (C=O) groups is 2. The zero-order valence-corrected chi connectivity index (χ0v) is 20.2. The average Bonchev–Trinajstić information content (AvgIpc) is 2.85. The first kappa shape index (κ1) is 25.3. The van der Waals surface area contributed by atoms with Gasteiger partial charge >= 0.3 is 12.3 Å². The van der Waals surface area contributed by atoms with E-state index in [9.17, 15) is 27.6 Å². The van der Waals surface area contributed by atoms with E-state index in [2.05, 4.69) is 5.32 Å². The van der Waals surface area contributed by atoms with E-state index in [1.165, 1.54) is 22.6 Å². The van der Waals surface area contributed by atoms with Crippen LogP contribution in [0.2, 0.25) is 0 Å². The van der Waals surface area contributed by atoms with Gasteiger partial charge < -0.3 is 19.5 Å². The molecule has 1 aliphatic heterocycles. The summed E-state index contributed by atoms with van der Waals surface area (Å²) in [7, 11) is 4.66. The third kappa shape index (κ3) is 4.80. The first-order valence-electron chi connectivity index (χ1n) is 11.4. The van der Waals surface area contributed by atoms with Crippen LogP contribution in [0.25, 0.3) is 22.0 Å². The van der Waals surface area contributed by atoms with Crippen LogP contribution in [0.4, 0.5) is 18.0 Å². The van der Waals surface area contributed by atoms with Crippen LogP contribution in [0, 0.1) is 0 Å². The van der Waals surface area contributed by atoms with Gasteiger partial charge in [0.2, 0.25) is 5.91 Å². The van der Waals surface area contributed by atoms with Crippen molar-refractivity contribution in [2.45, 2.75) is 38.6 Å². The van der Waals surface area contributed by atoms with Crippen LogP contribution in [0.3, 0.4) is 0 Å². The molecular weight excluding hydrogens is 475 g/mol. The molecule has 0 unspecified atom stereocenters. The van der Waals surface area contributed by atoms with Gasteiger partial charge in [-0.05, 0) is 53.1 Å². The van der Waals surface area contributed by atoms with Gasteiger partial charge in [-0.2, -0.15) is 13.2 Å². The number of rotatable bonds is 5. The van der Waals surface area contributed by atoms with Crippen molar-refractivity contribution >= 4 is 22.8 Å². The molecule has 0 fully saturated rings. The molecule has 0 atom stereocenters. The van der Waals surface area contributed by atoms with E-state index in [1.807, 2.05) is 18.2 Å². The van der Waals surface area contributed by atoms with Gasteiger partial charge in [-0.25, -0.2) is 4.79 Å². The van der Waals surface area contributed by atoms with Gasteiger partial charge in [0.05, 0.1) is 11.3 Å². The number of fused-ring (bicyclic) bond motifs is 4. The van der Waals surface area contributed by atoms with Crippen LogP contribution in [-0.4, -0.2) is 42.6 Å². The molecule has 1 aromatic heterocycles. The summed E-state index contributed by atoms with van der Waals surface area (Å²) in [6, 6.07) is 8.75. The van der Waals surface area contributed by atoms with E-state index in [1.54, 1.807) is 14.1 Å². The van der Waals surface area contributed by atoms with Gasteiger partial charge in [-0.15, -0.1) is 0 Å². The van der Waals surface area contributed by atoms with Crippen molar-refractivity contribution in [1.29, 1.82) is 0 Å². The number of alkyl halides is 3. The Bertz CT molecular complexity index is 1410. The van der Waals surface area contributed by atoms with E-state index in [-0.39, 0.29) is 30.7 Å². The summed E-state index contributed by atoms with van der Waals surface area (Å²) in [4.78, 5) is 38.7. The fourth-order valence-corrected chi connectivity index (χ4v) is 4.49. The number of amides is 2. The second kappa shape index (κ2) is 9.67. The summed E-state index contributed by atoms with van der Waals surface area (Å²) in [5, 5.41) is 2.92. The Morgan fingerprint density at radius 1 is 1.11 bits per heavy atom. The third-order valence-electron chi connectivity index (χ3n) is 6.35. The van der Waals surface area contributed by atoms with Crippen molar-refractivity contribution in [3.8, 4) is 11.3 Å². The van der Waals surface area contributed by atoms with Gasteiger partial charge in [-0.1, -0.05) is 18.2 Å². The van der Waals surface area contributed by atoms with Crippen molar-refractivity contribution < 1.29 is 27.5 Å². The van der Waals surface area contributed by atoms with Gasteiger partial charge in [0.1, 0.15) is 6.61 Å². The van der Waals surface area contributed by atoms with Crippen molar-refractivity contribution in [2.24, 2.45) is 0 Å². The maximum atomic E-state index is 13.4. The van der Waals surface area contributed by atoms with E-state index in [0.717, 1.165) is 23.3 Å². The molecule has 2 aromatic carbocycles. The molecule has 2 heterocycles. The molecular formula is C26H26F3N3O4. The molecule has 10 heteroatoms. The molecule has 0 bridgehead atoms. The molecule has 0 radical (unpaired) electrons. The fraction of sp³-hybridized carbons (Fsp3) is 0.346. The Kier molecular flexibility index (Phi) is 6.79. The summed E-state index contributed by atoms with van der Waals surface area (Å²) in [6.07, 6.45) is -4.24. The van der Waals surface area contributed by atoms with Crippen LogP contribution in [0.15, 0.2) is 41.2 Å². The lowest BCUT2D eigenvalue weighted by Crippen LogP contribution is -2.29. The van der Waals surface area contributed by atoms with Gasteiger partial charge in [0.25, 0.3) is 5.56 Å². The number of halogens is 3. The lowest BCUT2D eigenvalue weighted by atomic mass is 9.88. The topological polar surface area (TPSA) is 80.6 Å². The van der Waals surface area contributed by atoms with Gasteiger partial charge in [0.15, 0.2) is 0 Å². The van der Waals surface area contributed by atoms with Crippen molar-refractivity contribution in [2.75, 3.05) is 21.1 Å². The highest BCUT2D eigenvalue weighted by molar-refractivity contribution is 5.92. The number of nitrogens with one attached hydrogen (secondary N) is 1. The zero-order valence-electron chi connectivity index (χ0n) is 20.2. The number of aryl methyl sites for hydroxylation is 2. The summed E-state index contributed by atoms with van der Waals surface area (Å²) in [6.45, 7) is 0.319. The summed E-state index contributed by atoms with van der Waals surface area (Å²) >= 11 is 0. The Balaban J connectivity index is 1.91. The molecule has 7 nitrogen and oxygen atoms in total. The molecule has 2 amide bonds. The highest BCUT2D eigenvalue weighted by atomic mass is 19.4. The van der Waals surface area contributed by atoms with Gasteiger partial charge in [-0.3, -0.25) is 9.59 Å². The molecule has 1 N–H and O–H groups in total. The maximum Gasteiger partial charge on any atom is 0.416 e. The largest absolute Gasteiger partial charge is 0.445 e. The average molecular weight is 502 g/mol. The standard InChI is InChI=1S/C26H26F3N3O4/c1-30-22(33)9-8-19-18-7-6-17(26(27,28)29)13-21(18)24(34)32-11-10-16-5-4-15(12-20(16)23(19)32)14-36-25(35)31(2)3/h4-7,12-13H,8-11,14H2,1-3H3,(H,30,33). The number of ether oxygens (including phenoxy) is 1. The normalized spacial score (nSPS) is 12.6. The molecule has 0 spiro atoms. The monoisotopic (exact) mass is 501 g/mol. The molecule has 3 aromatic rings. The molecule has 4 rings (SSSR count). The smallest absolute Gasteiger partial charge is 0.416 e.